The molecule has 0 radical (unpaired) electrons. The van der Waals surface area contributed by atoms with Gasteiger partial charge in [0.25, 0.3) is 11.8 Å². The van der Waals surface area contributed by atoms with Crippen LogP contribution in [0.5, 0.6) is 0 Å². The zero-order valence-electron chi connectivity index (χ0n) is 33.5. The predicted molar refractivity (Wildman–Crippen MR) is 240 cm³/mol. The molecule has 6 aromatic rings. The molecule has 8 rings (SSSR count). The summed E-state index contributed by atoms with van der Waals surface area (Å²) in [6.07, 6.45) is 5.13. The molecule has 13 nitrogen and oxygen atoms in total. The minimum absolute atomic E-state index is 0.0104. The molecular weight excluding hydrogens is 843 g/mol. The number of esters is 1. The molecule has 312 valence electrons. The number of rotatable bonds is 15. The molecule has 4 heterocycles. The second-order valence-electron chi connectivity index (χ2n) is 13.9. The van der Waals surface area contributed by atoms with Crippen LogP contribution < -0.4 is 20.3 Å². The van der Waals surface area contributed by atoms with Crippen LogP contribution in [0, 0.1) is 0 Å². The van der Waals surface area contributed by atoms with Gasteiger partial charge in [0, 0.05) is 33.7 Å². The van der Waals surface area contributed by atoms with Gasteiger partial charge in [-0.25, -0.2) is 9.78 Å². The first kappa shape index (κ1) is 42.0. The summed E-state index contributed by atoms with van der Waals surface area (Å²) in [6.45, 7) is 0. The Bertz CT molecular complexity index is 2520. The van der Waals surface area contributed by atoms with Gasteiger partial charge in [-0.05, 0) is 34.9 Å². The Balaban J connectivity index is 0.908. The van der Waals surface area contributed by atoms with Crippen molar-refractivity contribution in [3.05, 3.63) is 191 Å². The first-order valence-electron chi connectivity index (χ1n) is 19.4. The largest absolute Gasteiger partial charge is 0.450 e. The Labute approximate surface area is 370 Å². The third-order valence-corrected chi connectivity index (χ3v) is 13.0. The minimum Gasteiger partial charge on any atom is -0.450 e. The van der Waals surface area contributed by atoms with Crippen LogP contribution in [0.15, 0.2) is 173 Å². The van der Waals surface area contributed by atoms with E-state index in [1.54, 1.807) is 47.7 Å². The fraction of sp³-hybridized carbons (Fsp3) is 0.152. The number of β-lactam (4-membered cyclic amide) rings is 1. The molecule has 1 unspecified atom stereocenters. The SMILES string of the molecule is CO/N=C(\C(=O)NC1C(=O)N2C(C(=O)OCSc3cc[n+](N(C)C(=O)c4ccccc4)cc3)=CCS[C@@H]12)c1csc(NC(c2ccccc2)(c2ccccc2)c2ccccc2)n1. The molecule has 0 spiro atoms. The van der Waals surface area contributed by atoms with Crippen LogP contribution in [0.1, 0.15) is 32.7 Å². The number of carbonyl (C=O) groups excluding carboxylic acids is 4. The number of nitrogens with zero attached hydrogens (tertiary/aromatic N) is 5. The number of carbonyl (C=O) groups is 4. The number of ether oxygens (including phenoxy) is 1. The Morgan fingerprint density at radius 3 is 2.05 bits per heavy atom. The van der Waals surface area contributed by atoms with Crippen LogP contribution in [-0.2, 0) is 29.5 Å². The van der Waals surface area contributed by atoms with Crippen molar-refractivity contribution < 1.29 is 33.4 Å². The van der Waals surface area contributed by atoms with Gasteiger partial charge < -0.3 is 20.2 Å². The van der Waals surface area contributed by atoms with Crippen molar-refractivity contribution >= 4 is 69.4 Å². The zero-order chi connectivity index (χ0) is 43.1. The van der Waals surface area contributed by atoms with Gasteiger partial charge in [0.2, 0.25) is 12.4 Å². The molecule has 0 bridgehead atoms. The maximum absolute atomic E-state index is 13.9. The molecule has 1 fully saturated rings. The van der Waals surface area contributed by atoms with Crippen LogP contribution in [0.25, 0.3) is 0 Å². The number of hydrogen-bond acceptors (Lipinski definition) is 12. The molecule has 1 saturated heterocycles. The van der Waals surface area contributed by atoms with Crippen molar-refractivity contribution in [2.45, 2.75) is 21.9 Å². The molecule has 16 heteroatoms. The third kappa shape index (κ3) is 8.57. The number of amides is 3. The van der Waals surface area contributed by atoms with Gasteiger partial charge >= 0.3 is 11.9 Å². The summed E-state index contributed by atoms with van der Waals surface area (Å²) in [5, 5.41) is 13.7. The number of hydrogen-bond donors (Lipinski definition) is 2. The van der Waals surface area contributed by atoms with Crippen molar-refractivity contribution in [1.29, 1.82) is 0 Å². The van der Waals surface area contributed by atoms with Crippen LogP contribution in [0.2, 0.25) is 0 Å². The quantitative estimate of drug-likeness (QED) is 0.0180. The topological polar surface area (TPSA) is 146 Å². The summed E-state index contributed by atoms with van der Waals surface area (Å²) in [7, 11) is 3.01. The average Bonchev–Trinajstić information content (AvgIpc) is 3.80. The number of pyridine rings is 1. The summed E-state index contributed by atoms with van der Waals surface area (Å²) >= 11 is 4.01. The molecular formula is C46H40N7O6S3+. The van der Waals surface area contributed by atoms with Crippen molar-refractivity contribution in [2.24, 2.45) is 5.16 Å². The fourth-order valence-electron chi connectivity index (χ4n) is 7.21. The maximum Gasteiger partial charge on any atom is 0.355 e. The number of thioether (sulfide) groups is 2. The Morgan fingerprint density at radius 1 is 0.887 bits per heavy atom. The summed E-state index contributed by atoms with van der Waals surface area (Å²) in [5.74, 6) is -1.51. The molecule has 3 amide bonds. The highest BCUT2D eigenvalue weighted by atomic mass is 32.2. The molecule has 2 aromatic heterocycles. The van der Waals surface area contributed by atoms with E-state index in [0.717, 1.165) is 21.6 Å². The minimum atomic E-state index is -0.929. The van der Waals surface area contributed by atoms with Crippen LogP contribution in [-0.4, -0.2) is 76.6 Å². The maximum atomic E-state index is 13.9. The molecule has 2 aliphatic rings. The second-order valence-corrected chi connectivity index (χ2v) is 16.9. The van der Waals surface area contributed by atoms with Crippen molar-refractivity contribution in [3.63, 3.8) is 0 Å². The van der Waals surface area contributed by atoms with E-state index in [1.165, 1.54) is 51.9 Å². The van der Waals surface area contributed by atoms with Crippen molar-refractivity contribution in [2.75, 3.05) is 36.2 Å². The van der Waals surface area contributed by atoms with Gasteiger partial charge in [-0.2, -0.15) is 0 Å². The molecule has 0 aliphatic carbocycles. The third-order valence-electron chi connectivity index (χ3n) is 10.3. The van der Waals surface area contributed by atoms with E-state index in [1.807, 2.05) is 84.9 Å². The summed E-state index contributed by atoms with van der Waals surface area (Å²) in [5.41, 5.74) is 2.94. The highest BCUT2D eigenvalue weighted by molar-refractivity contribution is 8.00. The molecule has 0 saturated carbocycles. The van der Waals surface area contributed by atoms with E-state index in [4.69, 9.17) is 14.6 Å². The lowest BCUT2D eigenvalue weighted by molar-refractivity contribution is -0.679. The lowest BCUT2D eigenvalue weighted by atomic mass is 9.77. The standard InChI is InChI=1S/C46H39N7O6S3/c1-51(41(55)31-15-7-3-8-16-31)52-26-23-35(24-27-52)62-30-59-44(57)37-25-28-60-43-39(42(56)53(37)43)48-40(54)38(50-58-2)36-29-61-45(47-36)49-46(32-17-9-4-10-18-32,33-19-11-5-12-20-33)34-21-13-6-14-22-34/h3-27,29,39,43H,28,30H2,1-2H3,(H-,47,48,49,54)/p+1/b50-38-/t39?,43-/m0/s1. The predicted octanol–water partition coefficient (Wildman–Crippen LogP) is 6.17. The van der Waals surface area contributed by atoms with Gasteiger partial charge in [0.05, 0.1) is 7.05 Å². The number of fused-ring (bicyclic) bond motifs is 1. The second kappa shape index (κ2) is 18.9. The molecule has 2 atom stereocenters. The highest BCUT2D eigenvalue weighted by Gasteiger charge is 2.53. The summed E-state index contributed by atoms with van der Waals surface area (Å²) in [4.78, 5) is 65.6. The summed E-state index contributed by atoms with van der Waals surface area (Å²) in [6, 6.07) is 41.9. The van der Waals surface area contributed by atoms with E-state index in [2.05, 4.69) is 52.2 Å². The Morgan fingerprint density at radius 2 is 1.47 bits per heavy atom. The monoisotopic (exact) mass is 882 g/mol. The Hall–Kier alpha value is -6.75. The van der Waals surface area contributed by atoms with Gasteiger partial charge in [-0.3, -0.25) is 19.3 Å². The van der Waals surface area contributed by atoms with E-state index >= 15 is 0 Å². The van der Waals surface area contributed by atoms with E-state index in [9.17, 15) is 19.2 Å². The number of oxime groups is 1. The smallest absolute Gasteiger partial charge is 0.355 e. The average molecular weight is 883 g/mol. The summed E-state index contributed by atoms with van der Waals surface area (Å²) < 4.78 is 7.23. The number of nitrogens with one attached hydrogen (secondary N) is 2. The van der Waals surface area contributed by atoms with Gasteiger partial charge in [-0.15, -0.1) is 28.1 Å². The van der Waals surface area contributed by atoms with Gasteiger partial charge in [-0.1, -0.05) is 131 Å². The number of aromatic nitrogens is 2. The van der Waals surface area contributed by atoms with E-state index in [0.29, 0.717) is 16.4 Å². The fourth-order valence-corrected chi connectivity index (χ4v) is 9.78. The normalized spacial score (nSPS) is 16.0. The first-order valence-corrected chi connectivity index (χ1v) is 22.3. The number of benzene rings is 4. The number of anilines is 1. The van der Waals surface area contributed by atoms with E-state index < -0.39 is 34.7 Å². The number of thiazole rings is 1. The van der Waals surface area contributed by atoms with Gasteiger partial charge in [0.15, 0.2) is 10.8 Å². The lowest BCUT2D eigenvalue weighted by Gasteiger charge is -2.48. The van der Waals surface area contributed by atoms with Gasteiger partial charge in [0.1, 0.15) is 41.4 Å². The van der Waals surface area contributed by atoms with E-state index in [-0.39, 0.29) is 28.9 Å². The van der Waals surface area contributed by atoms with Crippen molar-refractivity contribution in [1.82, 2.24) is 15.2 Å². The van der Waals surface area contributed by atoms with Crippen molar-refractivity contribution in [3.8, 4) is 0 Å². The molecule has 62 heavy (non-hydrogen) atoms. The van der Waals surface area contributed by atoms with Crippen LogP contribution in [0.3, 0.4) is 0 Å². The first-order chi connectivity index (χ1) is 30.3. The lowest BCUT2D eigenvalue weighted by Crippen LogP contribution is -2.70. The molecule has 4 aromatic carbocycles. The van der Waals surface area contributed by atoms with Crippen LogP contribution >= 0.6 is 34.9 Å². The Kier molecular flexibility index (Phi) is 12.8. The zero-order valence-corrected chi connectivity index (χ0v) is 35.9. The highest BCUT2D eigenvalue weighted by Crippen LogP contribution is 2.41. The molecule has 2 aliphatic heterocycles. The van der Waals surface area contributed by atoms with Crippen LogP contribution in [0.4, 0.5) is 5.13 Å². The molecule has 2 N–H and O–H groups in total.